The van der Waals surface area contributed by atoms with E-state index in [-0.39, 0.29) is 17.4 Å². The Kier molecular flexibility index (Phi) is 6.19. The Bertz CT molecular complexity index is 944. The zero-order valence-corrected chi connectivity index (χ0v) is 19.2. The van der Waals surface area contributed by atoms with E-state index in [4.69, 9.17) is 16.3 Å². The smallest absolute Gasteiger partial charge is 0.261 e. The van der Waals surface area contributed by atoms with Crippen molar-refractivity contribution < 1.29 is 9.53 Å². The summed E-state index contributed by atoms with van der Waals surface area (Å²) in [6.45, 7) is 7.77. The molecule has 4 rings (SSSR count). The van der Waals surface area contributed by atoms with Gasteiger partial charge in [0, 0.05) is 41.3 Å². The van der Waals surface area contributed by atoms with Crippen LogP contribution in [0.25, 0.3) is 0 Å². The summed E-state index contributed by atoms with van der Waals surface area (Å²) in [5.41, 5.74) is 5.22. The SMILES string of the molecule is CSNC(=O)c1ccc2c(c1)CC(C)(C)C(c1cc(Cl)cc(N3CCOCC3)c1)N2. The average molecular weight is 446 g/mol. The van der Waals surface area contributed by atoms with Crippen molar-refractivity contribution in [3.8, 4) is 0 Å². The highest BCUT2D eigenvalue weighted by atomic mass is 35.5. The van der Waals surface area contributed by atoms with Crippen LogP contribution in [0.5, 0.6) is 0 Å². The maximum absolute atomic E-state index is 12.2. The number of morpholine rings is 1. The molecule has 2 heterocycles. The molecule has 0 aromatic heterocycles. The van der Waals surface area contributed by atoms with Crippen molar-refractivity contribution >= 4 is 40.8 Å². The minimum atomic E-state index is -0.0600. The lowest BCUT2D eigenvalue weighted by atomic mass is 9.72. The van der Waals surface area contributed by atoms with Crippen molar-refractivity contribution in [2.45, 2.75) is 26.3 Å². The van der Waals surface area contributed by atoms with Crippen molar-refractivity contribution in [1.82, 2.24) is 4.72 Å². The summed E-state index contributed by atoms with van der Waals surface area (Å²) in [5.74, 6) is -0.0600. The van der Waals surface area contributed by atoms with Crippen LogP contribution in [0.15, 0.2) is 36.4 Å². The molecule has 2 aromatic carbocycles. The van der Waals surface area contributed by atoms with Crippen LogP contribution in [0.2, 0.25) is 5.02 Å². The average Bonchev–Trinajstić information content (AvgIpc) is 2.72. The second-order valence-electron chi connectivity index (χ2n) is 8.59. The summed E-state index contributed by atoms with van der Waals surface area (Å²) in [5, 5.41) is 4.47. The molecule has 30 heavy (non-hydrogen) atoms. The molecule has 2 aromatic rings. The molecule has 5 nitrogen and oxygen atoms in total. The van der Waals surface area contributed by atoms with Gasteiger partial charge in [-0.25, -0.2) is 0 Å². The number of carbonyl (C=O) groups excluding carboxylic acids is 1. The fourth-order valence-corrected chi connectivity index (χ4v) is 4.96. The summed E-state index contributed by atoms with van der Waals surface area (Å²) < 4.78 is 8.29. The molecule has 1 amide bonds. The molecule has 2 aliphatic rings. The minimum absolute atomic E-state index is 0.0471. The number of ether oxygens (including phenoxy) is 1. The number of fused-ring (bicyclic) bond motifs is 1. The van der Waals surface area contributed by atoms with E-state index in [0.717, 1.165) is 49.1 Å². The number of nitrogens with one attached hydrogen (secondary N) is 2. The van der Waals surface area contributed by atoms with Crippen molar-refractivity contribution in [2.75, 3.05) is 42.8 Å². The van der Waals surface area contributed by atoms with Crippen LogP contribution in [0, 0.1) is 5.41 Å². The predicted octanol–water partition coefficient (Wildman–Crippen LogP) is 4.92. The maximum atomic E-state index is 12.2. The third-order valence-electron chi connectivity index (χ3n) is 5.90. The molecular weight excluding hydrogens is 418 g/mol. The number of nitrogens with zero attached hydrogens (tertiary/aromatic N) is 1. The van der Waals surface area contributed by atoms with Crippen LogP contribution >= 0.6 is 23.5 Å². The number of hydrogen-bond acceptors (Lipinski definition) is 5. The highest BCUT2D eigenvalue weighted by Crippen LogP contribution is 2.46. The van der Waals surface area contributed by atoms with Gasteiger partial charge >= 0.3 is 0 Å². The molecule has 1 unspecified atom stereocenters. The van der Waals surface area contributed by atoms with E-state index in [9.17, 15) is 4.79 Å². The standard InChI is InChI=1S/C23H28ClN3O2S/c1-23(2)14-17-10-15(22(28)26-30-3)4-5-20(17)25-21(23)16-11-18(24)13-19(12-16)27-6-8-29-9-7-27/h4-5,10-13,21,25H,6-9,14H2,1-3H3,(H,26,28). The first-order valence-electron chi connectivity index (χ1n) is 10.2. The maximum Gasteiger partial charge on any atom is 0.261 e. The van der Waals surface area contributed by atoms with Gasteiger partial charge in [0.25, 0.3) is 5.91 Å². The first-order valence-corrected chi connectivity index (χ1v) is 11.8. The van der Waals surface area contributed by atoms with Gasteiger partial charge in [-0.1, -0.05) is 37.4 Å². The number of rotatable bonds is 4. The highest BCUT2D eigenvalue weighted by Gasteiger charge is 2.36. The van der Waals surface area contributed by atoms with E-state index < -0.39 is 0 Å². The predicted molar refractivity (Wildman–Crippen MR) is 126 cm³/mol. The molecular formula is C23H28ClN3O2S. The van der Waals surface area contributed by atoms with Gasteiger partial charge in [0.05, 0.1) is 19.3 Å². The van der Waals surface area contributed by atoms with Crippen LogP contribution < -0.4 is 14.9 Å². The molecule has 0 saturated carbocycles. The number of amides is 1. The second kappa shape index (κ2) is 8.69. The Labute approximate surface area is 187 Å². The van der Waals surface area contributed by atoms with Gasteiger partial charge in [0.2, 0.25) is 0 Å². The molecule has 7 heteroatoms. The van der Waals surface area contributed by atoms with Crippen molar-refractivity contribution in [2.24, 2.45) is 5.41 Å². The number of carbonyl (C=O) groups is 1. The first kappa shape index (κ1) is 21.3. The zero-order chi connectivity index (χ0) is 21.3. The topological polar surface area (TPSA) is 53.6 Å². The molecule has 1 atom stereocenters. The van der Waals surface area contributed by atoms with Crippen LogP contribution in [0.4, 0.5) is 11.4 Å². The number of hydrogen-bond donors (Lipinski definition) is 2. The van der Waals surface area contributed by atoms with Gasteiger partial charge < -0.3 is 15.0 Å². The zero-order valence-electron chi connectivity index (χ0n) is 17.6. The monoisotopic (exact) mass is 445 g/mol. The number of benzene rings is 2. The quantitative estimate of drug-likeness (QED) is 0.654. The van der Waals surface area contributed by atoms with E-state index >= 15 is 0 Å². The molecule has 1 saturated heterocycles. The molecule has 0 aliphatic carbocycles. The van der Waals surface area contributed by atoms with E-state index in [0.29, 0.717) is 5.56 Å². The van der Waals surface area contributed by atoms with Gasteiger partial charge in [0.15, 0.2) is 0 Å². The molecule has 0 spiro atoms. The van der Waals surface area contributed by atoms with Crippen LogP contribution in [0.1, 0.15) is 41.4 Å². The van der Waals surface area contributed by atoms with Gasteiger partial charge in [-0.05, 0) is 59.4 Å². The van der Waals surface area contributed by atoms with E-state index in [1.165, 1.54) is 23.1 Å². The third kappa shape index (κ3) is 4.41. The van der Waals surface area contributed by atoms with E-state index in [1.54, 1.807) is 0 Å². The Morgan fingerprint density at radius 3 is 2.73 bits per heavy atom. The largest absolute Gasteiger partial charge is 0.378 e. The molecule has 2 N–H and O–H groups in total. The lowest BCUT2D eigenvalue weighted by Gasteiger charge is -2.42. The lowest BCUT2D eigenvalue weighted by Crippen LogP contribution is -2.37. The fraction of sp³-hybridized carbons (Fsp3) is 0.435. The summed E-state index contributed by atoms with van der Waals surface area (Å²) >= 11 is 7.85. The summed E-state index contributed by atoms with van der Waals surface area (Å²) in [4.78, 5) is 14.6. The fourth-order valence-electron chi connectivity index (χ4n) is 4.42. The highest BCUT2D eigenvalue weighted by molar-refractivity contribution is 7.97. The number of halogens is 1. The van der Waals surface area contributed by atoms with Gasteiger partial charge in [0.1, 0.15) is 0 Å². The van der Waals surface area contributed by atoms with Gasteiger partial charge in [-0.3, -0.25) is 9.52 Å². The summed E-state index contributed by atoms with van der Waals surface area (Å²) in [6, 6.07) is 12.4. The Hall–Kier alpha value is -1.89. The van der Waals surface area contributed by atoms with Crippen molar-refractivity contribution in [3.63, 3.8) is 0 Å². The van der Waals surface area contributed by atoms with E-state index in [2.05, 4.69) is 40.9 Å². The van der Waals surface area contributed by atoms with E-state index in [1.807, 2.05) is 30.5 Å². The molecule has 2 aliphatic heterocycles. The third-order valence-corrected chi connectivity index (χ3v) is 6.51. The second-order valence-corrected chi connectivity index (χ2v) is 9.64. The molecule has 160 valence electrons. The first-order chi connectivity index (χ1) is 14.4. The van der Waals surface area contributed by atoms with Crippen LogP contribution in [-0.4, -0.2) is 38.5 Å². The van der Waals surface area contributed by atoms with Gasteiger partial charge in [-0.15, -0.1) is 0 Å². The van der Waals surface area contributed by atoms with Crippen LogP contribution in [0.3, 0.4) is 0 Å². The summed E-state index contributed by atoms with van der Waals surface area (Å²) in [7, 11) is 0. The lowest BCUT2D eigenvalue weighted by molar-refractivity contribution is 0.0984. The minimum Gasteiger partial charge on any atom is -0.378 e. The Morgan fingerprint density at radius 2 is 2.00 bits per heavy atom. The Morgan fingerprint density at radius 1 is 1.23 bits per heavy atom. The normalized spacial score (nSPS) is 20.3. The van der Waals surface area contributed by atoms with Crippen LogP contribution in [-0.2, 0) is 11.2 Å². The molecule has 0 bridgehead atoms. The number of anilines is 2. The molecule has 1 fully saturated rings. The summed E-state index contributed by atoms with van der Waals surface area (Å²) in [6.07, 6.45) is 2.72. The Balaban J connectivity index is 1.64. The molecule has 0 radical (unpaired) electrons. The van der Waals surface area contributed by atoms with Crippen molar-refractivity contribution in [1.29, 1.82) is 0 Å². The van der Waals surface area contributed by atoms with Gasteiger partial charge in [-0.2, -0.15) is 0 Å². The van der Waals surface area contributed by atoms with Crippen molar-refractivity contribution in [3.05, 3.63) is 58.1 Å².